The molecule has 8 heteroatoms. The van der Waals surface area contributed by atoms with Crippen molar-refractivity contribution in [3.8, 4) is 5.75 Å². The highest BCUT2D eigenvalue weighted by Crippen LogP contribution is 2.32. The SMILES string of the molecule is CCOC(=O)C(C)(C)Sc1nnc(COc2ccc(Cl)cc2)n1C. The van der Waals surface area contributed by atoms with Crippen LogP contribution in [0.15, 0.2) is 29.4 Å². The predicted octanol–water partition coefficient (Wildman–Crippen LogP) is 3.48. The molecule has 0 aliphatic rings. The van der Waals surface area contributed by atoms with Crippen LogP contribution in [-0.4, -0.2) is 32.1 Å². The molecule has 0 aliphatic carbocycles. The largest absolute Gasteiger partial charge is 0.486 e. The maximum atomic E-state index is 12.0. The normalized spacial score (nSPS) is 11.4. The van der Waals surface area contributed by atoms with Gasteiger partial charge in [0.05, 0.1) is 6.61 Å². The zero-order chi connectivity index (χ0) is 17.7. The summed E-state index contributed by atoms with van der Waals surface area (Å²) in [6, 6.07) is 7.10. The molecule has 130 valence electrons. The summed E-state index contributed by atoms with van der Waals surface area (Å²) >= 11 is 7.15. The lowest BCUT2D eigenvalue weighted by atomic mass is 10.2. The van der Waals surface area contributed by atoms with Gasteiger partial charge in [0.15, 0.2) is 11.0 Å². The molecule has 0 N–H and O–H groups in total. The maximum Gasteiger partial charge on any atom is 0.322 e. The van der Waals surface area contributed by atoms with E-state index in [0.29, 0.717) is 28.4 Å². The Morgan fingerprint density at radius 2 is 1.96 bits per heavy atom. The van der Waals surface area contributed by atoms with E-state index < -0.39 is 4.75 Å². The van der Waals surface area contributed by atoms with Crippen molar-refractivity contribution in [2.75, 3.05) is 6.61 Å². The molecule has 1 heterocycles. The number of ether oxygens (including phenoxy) is 2. The molecule has 1 aromatic carbocycles. The molecule has 0 fully saturated rings. The van der Waals surface area contributed by atoms with Gasteiger partial charge in [-0.15, -0.1) is 10.2 Å². The average molecular weight is 370 g/mol. The number of halogens is 1. The summed E-state index contributed by atoms with van der Waals surface area (Å²) in [5, 5.41) is 9.54. The van der Waals surface area contributed by atoms with Crippen molar-refractivity contribution in [1.29, 1.82) is 0 Å². The Hall–Kier alpha value is -1.73. The van der Waals surface area contributed by atoms with Crippen molar-refractivity contribution < 1.29 is 14.3 Å². The zero-order valence-corrected chi connectivity index (χ0v) is 15.6. The van der Waals surface area contributed by atoms with Crippen LogP contribution < -0.4 is 4.74 Å². The van der Waals surface area contributed by atoms with Crippen LogP contribution in [0.2, 0.25) is 5.02 Å². The van der Waals surface area contributed by atoms with Gasteiger partial charge in [-0.1, -0.05) is 23.4 Å². The van der Waals surface area contributed by atoms with Crippen molar-refractivity contribution >= 4 is 29.3 Å². The van der Waals surface area contributed by atoms with Crippen molar-refractivity contribution in [3.05, 3.63) is 35.1 Å². The number of nitrogens with zero attached hydrogens (tertiary/aromatic N) is 3. The summed E-state index contributed by atoms with van der Waals surface area (Å²) in [5.41, 5.74) is 0. The monoisotopic (exact) mass is 369 g/mol. The summed E-state index contributed by atoms with van der Waals surface area (Å²) in [5.74, 6) is 1.08. The third-order valence-electron chi connectivity index (χ3n) is 3.22. The van der Waals surface area contributed by atoms with Gasteiger partial charge in [-0.2, -0.15) is 0 Å². The summed E-state index contributed by atoms with van der Waals surface area (Å²) in [7, 11) is 1.84. The van der Waals surface area contributed by atoms with Gasteiger partial charge in [-0.25, -0.2) is 0 Å². The Morgan fingerprint density at radius 1 is 1.29 bits per heavy atom. The van der Waals surface area contributed by atoms with Gasteiger partial charge in [0.25, 0.3) is 0 Å². The van der Waals surface area contributed by atoms with Gasteiger partial charge in [0.2, 0.25) is 0 Å². The average Bonchev–Trinajstić information content (AvgIpc) is 2.87. The first-order valence-corrected chi connectivity index (χ1v) is 8.66. The van der Waals surface area contributed by atoms with Gasteiger partial charge in [0.1, 0.15) is 17.1 Å². The number of carbonyl (C=O) groups excluding carboxylic acids is 1. The van der Waals surface area contributed by atoms with E-state index in [0.717, 1.165) is 0 Å². The summed E-state index contributed by atoms with van der Waals surface area (Å²) in [4.78, 5) is 12.0. The Morgan fingerprint density at radius 3 is 2.58 bits per heavy atom. The number of esters is 1. The lowest BCUT2D eigenvalue weighted by molar-refractivity contribution is -0.145. The fourth-order valence-electron chi connectivity index (χ4n) is 1.81. The summed E-state index contributed by atoms with van der Waals surface area (Å²) in [6.45, 7) is 6.00. The first kappa shape index (κ1) is 18.6. The molecule has 24 heavy (non-hydrogen) atoms. The molecule has 0 saturated carbocycles. The van der Waals surface area contributed by atoms with Crippen molar-refractivity contribution in [2.45, 2.75) is 37.3 Å². The van der Waals surface area contributed by atoms with Crippen LogP contribution in [0.25, 0.3) is 0 Å². The molecule has 0 aliphatic heterocycles. The summed E-state index contributed by atoms with van der Waals surface area (Å²) < 4.78 is 11.8. The van der Waals surface area contributed by atoms with Crippen LogP contribution in [0.1, 0.15) is 26.6 Å². The molecular weight excluding hydrogens is 350 g/mol. The fraction of sp³-hybridized carbons (Fsp3) is 0.438. The third-order valence-corrected chi connectivity index (χ3v) is 4.69. The maximum absolute atomic E-state index is 12.0. The minimum absolute atomic E-state index is 0.269. The topological polar surface area (TPSA) is 66.2 Å². The van der Waals surface area contributed by atoms with Crippen LogP contribution in [0, 0.1) is 0 Å². The molecule has 2 aromatic rings. The second-order valence-corrected chi connectivity index (χ2v) is 7.56. The van der Waals surface area contributed by atoms with Crippen LogP contribution in [0.4, 0.5) is 0 Å². The lowest BCUT2D eigenvalue weighted by Crippen LogP contribution is -2.30. The zero-order valence-electron chi connectivity index (χ0n) is 14.1. The van der Waals surface area contributed by atoms with Gasteiger partial charge in [-0.3, -0.25) is 4.79 Å². The van der Waals surface area contributed by atoms with E-state index in [1.54, 1.807) is 45.0 Å². The highest BCUT2D eigenvalue weighted by molar-refractivity contribution is 8.01. The van der Waals surface area contributed by atoms with Crippen LogP contribution in [0.5, 0.6) is 5.75 Å². The smallest absolute Gasteiger partial charge is 0.322 e. The quantitative estimate of drug-likeness (QED) is 0.550. The number of benzene rings is 1. The molecule has 0 radical (unpaired) electrons. The number of hydrogen-bond donors (Lipinski definition) is 0. The standard InChI is InChI=1S/C16H20ClN3O3S/c1-5-22-14(21)16(2,3)24-15-19-18-13(20(15)4)10-23-12-8-6-11(17)7-9-12/h6-9H,5,10H2,1-4H3. The Kier molecular flexibility index (Phi) is 6.12. The van der Waals surface area contributed by atoms with Crippen LogP contribution >= 0.6 is 23.4 Å². The lowest BCUT2D eigenvalue weighted by Gasteiger charge is -2.20. The van der Waals surface area contributed by atoms with Crippen molar-refractivity contribution in [2.24, 2.45) is 7.05 Å². The Bertz CT molecular complexity index is 701. The van der Waals surface area contributed by atoms with Crippen molar-refractivity contribution in [3.63, 3.8) is 0 Å². The molecule has 6 nitrogen and oxygen atoms in total. The summed E-state index contributed by atoms with van der Waals surface area (Å²) in [6.07, 6.45) is 0. The van der Waals surface area contributed by atoms with Crippen LogP contribution in [0.3, 0.4) is 0 Å². The molecular formula is C16H20ClN3O3S. The number of hydrogen-bond acceptors (Lipinski definition) is 6. The number of thioether (sulfide) groups is 1. The molecule has 2 rings (SSSR count). The van der Waals surface area contributed by atoms with Crippen LogP contribution in [-0.2, 0) is 23.2 Å². The van der Waals surface area contributed by atoms with Gasteiger partial charge in [-0.05, 0) is 45.0 Å². The minimum Gasteiger partial charge on any atom is -0.486 e. The molecule has 0 unspecified atom stereocenters. The number of aromatic nitrogens is 3. The number of carbonyl (C=O) groups is 1. The molecule has 0 saturated heterocycles. The Balaban J connectivity index is 2.02. The first-order valence-electron chi connectivity index (χ1n) is 7.46. The van der Waals surface area contributed by atoms with E-state index in [4.69, 9.17) is 21.1 Å². The molecule has 0 amide bonds. The first-order chi connectivity index (χ1) is 11.3. The van der Waals surface area contributed by atoms with E-state index in [1.165, 1.54) is 11.8 Å². The van der Waals surface area contributed by atoms with E-state index in [1.807, 2.05) is 11.6 Å². The Labute approximate surface area is 150 Å². The van der Waals surface area contributed by atoms with E-state index in [9.17, 15) is 4.79 Å². The second-order valence-electron chi connectivity index (χ2n) is 5.53. The fourth-order valence-corrected chi connectivity index (χ4v) is 2.86. The highest BCUT2D eigenvalue weighted by Gasteiger charge is 2.32. The number of rotatable bonds is 7. The second kappa shape index (κ2) is 7.90. The third kappa shape index (κ3) is 4.64. The highest BCUT2D eigenvalue weighted by atomic mass is 35.5. The minimum atomic E-state index is -0.745. The van der Waals surface area contributed by atoms with E-state index in [-0.39, 0.29) is 12.6 Å². The van der Waals surface area contributed by atoms with E-state index in [2.05, 4.69) is 10.2 Å². The van der Waals surface area contributed by atoms with E-state index >= 15 is 0 Å². The molecule has 0 atom stereocenters. The van der Waals surface area contributed by atoms with Gasteiger partial charge >= 0.3 is 5.97 Å². The van der Waals surface area contributed by atoms with Gasteiger partial charge in [0, 0.05) is 12.1 Å². The van der Waals surface area contributed by atoms with Gasteiger partial charge < -0.3 is 14.0 Å². The molecule has 0 spiro atoms. The molecule has 0 bridgehead atoms. The molecule has 1 aromatic heterocycles. The van der Waals surface area contributed by atoms with Crippen molar-refractivity contribution in [1.82, 2.24) is 14.8 Å². The predicted molar refractivity (Wildman–Crippen MR) is 93.4 cm³/mol.